The van der Waals surface area contributed by atoms with Crippen molar-refractivity contribution in [2.24, 2.45) is 0 Å². The van der Waals surface area contributed by atoms with Gasteiger partial charge in [0.1, 0.15) is 11.9 Å². The highest BCUT2D eigenvalue weighted by Gasteiger charge is 2.17. The Morgan fingerprint density at radius 1 is 1.03 bits per heavy atom. The van der Waals surface area contributed by atoms with Crippen LogP contribution >= 0.6 is 11.6 Å². The molecule has 33 heavy (non-hydrogen) atoms. The molecule has 0 unspecified atom stereocenters. The van der Waals surface area contributed by atoms with Crippen LogP contribution in [0.25, 0.3) is 22.4 Å². The third-order valence-electron chi connectivity index (χ3n) is 5.47. The molecule has 0 saturated heterocycles. The Balaban J connectivity index is 1.73. The van der Waals surface area contributed by atoms with Crippen molar-refractivity contribution in [1.29, 1.82) is 0 Å². The molecular weight excluding hydrogens is 442 g/mol. The summed E-state index contributed by atoms with van der Waals surface area (Å²) in [5.74, 6) is -0.108. The quantitative estimate of drug-likeness (QED) is 0.488. The molecule has 0 fully saturated rings. The molecule has 168 valence electrons. The van der Waals surface area contributed by atoms with Crippen molar-refractivity contribution in [2.75, 3.05) is 5.32 Å². The van der Waals surface area contributed by atoms with Crippen LogP contribution in [-0.2, 0) is 17.9 Å². The average molecular weight is 464 g/mol. The summed E-state index contributed by atoms with van der Waals surface area (Å²) in [6.45, 7) is 5.54. The number of hydrogen-bond donors (Lipinski definition) is 1. The van der Waals surface area contributed by atoms with Crippen molar-refractivity contribution in [3.8, 4) is 11.4 Å². The lowest BCUT2D eigenvalue weighted by molar-refractivity contribution is -0.116. The summed E-state index contributed by atoms with van der Waals surface area (Å²) in [7, 11) is 0. The second-order valence-corrected chi connectivity index (χ2v) is 8.14. The van der Waals surface area contributed by atoms with E-state index in [9.17, 15) is 14.4 Å². The molecule has 0 aliphatic rings. The number of aryl methyl sites for hydroxylation is 3. The van der Waals surface area contributed by atoms with E-state index < -0.39 is 23.7 Å². The number of carbonyl (C=O) groups is 1. The fourth-order valence-corrected chi connectivity index (χ4v) is 3.65. The molecule has 8 nitrogen and oxygen atoms in total. The Morgan fingerprint density at radius 2 is 1.76 bits per heavy atom. The molecule has 1 N–H and O–H groups in total. The first-order valence-corrected chi connectivity index (χ1v) is 10.8. The Morgan fingerprint density at radius 3 is 2.42 bits per heavy atom. The Bertz CT molecular complexity index is 1490. The first-order valence-electron chi connectivity index (χ1n) is 10.4. The monoisotopic (exact) mass is 463 g/mol. The molecule has 2 heterocycles. The van der Waals surface area contributed by atoms with Crippen LogP contribution < -0.4 is 16.6 Å². The van der Waals surface area contributed by atoms with E-state index in [0.717, 1.165) is 15.7 Å². The Kier molecular flexibility index (Phi) is 6.11. The standard InChI is InChI=1S/C24H22ClN5O3/c1-4-29-22-19(12-26-21(28-22)16-6-8-17(25)9-7-16)23(32)30(24(29)33)13-20(31)27-18-10-5-14(2)15(3)11-18/h5-12H,4,13H2,1-3H3,(H,27,31). The second kappa shape index (κ2) is 8.99. The van der Waals surface area contributed by atoms with Crippen LogP contribution in [0, 0.1) is 13.8 Å². The molecule has 9 heteroatoms. The number of nitrogens with zero attached hydrogens (tertiary/aromatic N) is 4. The number of fused-ring (bicyclic) bond motifs is 1. The highest BCUT2D eigenvalue weighted by Crippen LogP contribution is 2.19. The summed E-state index contributed by atoms with van der Waals surface area (Å²) in [6.07, 6.45) is 1.39. The fourth-order valence-electron chi connectivity index (χ4n) is 3.52. The molecule has 0 radical (unpaired) electrons. The molecule has 0 spiro atoms. The van der Waals surface area contributed by atoms with Crippen LogP contribution in [-0.4, -0.2) is 25.0 Å². The molecule has 0 aliphatic carbocycles. The van der Waals surface area contributed by atoms with E-state index in [2.05, 4.69) is 15.3 Å². The third-order valence-corrected chi connectivity index (χ3v) is 5.72. The van der Waals surface area contributed by atoms with Crippen LogP contribution in [0.5, 0.6) is 0 Å². The van der Waals surface area contributed by atoms with Gasteiger partial charge in [0.2, 0.25) is 5.91 Å². The van der Waals surface area contributed by atoms with Crippen molar-refractivity contribution >= 4 is 34.2 Å². The van der Waals surface area contributed by atoms with Gasteiger partial charge >= 0.3 is 5.69 Å². The number of nitrogens with one attached hydrogen (secondary N) is 1. The summed E-state index contributed by atoms with van der Waals surface area (Å²) in [5, 5.41) is 3.48. The number of amides is 1. The Labute approximate surface area is 194 Å². The van der Waals surface area contributed by atoms with Gasteiger partial charge in [-0.25, -0.2) is 14.8 Å². The van der Waals surface area contributed by atoms with E-state index >= 15 is 0 Å². The lowest BCUT2D eigenvalue weighted by Crippen LogP contribution is -2.42. The molecule has 0 saturated carbocycles. The average Bonchev–Trinajstić information content (AvgIpc) is 2.79. The summed E-state index contributed by atoms with van der Waals surface area (Å²) in [6, 6.07) is 12.5. The second-order valence-electron chi connectivity index (χ2n) is 7.70. The molecule has 0 aliphatic heterocycles. The number of anilines is 1. The SMILES string of the molecule is CCn1c(=O)n(CC(=O)Nc2ccc(C)c(C)c2)c(=O)c2cnc(-c3ccc(Cl)cc3)nc21. The van der Waals surface area contributed by atoms with Gasteiger partial charge in [-0.15, -0.1) is 0 Å². The number of hydrogen-bond acceptors (Lipinski definition) is 5. The molecule has 2 aromatic carbocycles. The maximum Gasteiger partial charge on any atom is 0.333 e. The van der Waals surface area contributed by atoms with Gasteiger partial charge in [-0.05, 0) is 68.3 Å². The zero-order chi connectivity index (χ0) is 23.7. The summed E-state index contributed by atoms with van der Waals surface area (Å²) >= 11 is 5.94. The number of carbonyl (C=O) groups excluding carboxylic acids is 1. The summed E-state index contributed by atoms with van der Waals surface area (Å²) in [5.41, 5.74) is 2.43. The highest BCUT2D eigenvalue weighted by atomic mass is 35.5. The molecular formula is C24H22ClN5O3. The molecule has 4 rings (SSSR count). The number of rotatable bonds is 5. The van der Waals surface area contributed by atoms with Crippen LogP contribution in [0.1, 0.15) is 18.1 Å². The molecule has 4 aromatic rings. The van der Waals surface area contributed by atoms with E-state index in [1.165, 1.54) is 10.8 Å². The number of aromatic nitrogens is 4. The number of halogens is 1. The summed E-state index contributed by atoms with van der Waals surface area (Å²) < 4.78 is 2.27. The van der Waals surface area contributed by atoms with Crippen molar-refractivity contribution < 1.29 is 4.79 Å². The van der Waals surface area contributed by atoms with Crippen LogP contribution in [0.2, 0.25) is 5.02 Å². The van der Waals surface area contributed by atoms with E-state index in [1.807, 2.05) is 26.0 Å². The topological polar surface area (TPSA) is 98.9 Å². The van der Waals surface area contributed by atoms with Crippen molar-refractivity contribution in [3.05, 3.63) is 85.6 Å². The lowest BCUT2D eigenvalue weighted by Gasteiger charge is -2.13. The Hall–Kier alpha value is -3.78. The minimum absolute atomic E-state index is 0.160. The van der Waals surface area contributed by atoms with Crippen LogP contribution in [0.15, 0.2) is 58.3 Å². The normalized spacial score (nSPS) is 11.0. The van der Waals surface area contributed by atoms with Crippen LogP contribution in [0.3, 0.4) is 0 Å². The van der Waals surface area contributed by atoms with E-state index in [4.69, 9.17) is 11.6 Å². The largest absolute Gasteiger partial charge is 0.333 e. The number of benzene rings is 2. The molecule has 1 amide bonds. The van der Waals surface area contributed by atoms with Crippen molar-refractivity contribution in [1.82, 2.24) is 19.1 Å². The van der Waals surface area contributed by atoms with E-state index in [-0.39, 0.29) is 17.6 Å². The van der Waals surface area contributed by atoms with Gasteiger partial charge in [0.05, 0.1) is 0 Å². The van der Waals surface area contributed by atoms with E-state index in [1.54, 1.807) is 37.3 Å². The fraction of sp³-hybridized carbons (Fsp3) is 0.208. The van der Waals surface area contributed by atoms with Crippen molar-refractivity contribution in [2.45, 2.75) is 33.9 Å². The van der Waals surface area contributed by atoms with Gasteiger partial charge in [0.25, 0.3) is 5.56 Å². The first kappa shape index (κ1) is 22.4. The molecule has 0 bridgehead atoms. The summed E-state index contributed by atoms with van der Waals surface area (Å²) in [4.78, 5) is 47.5. The minimum atomic E-state index is -0.613. The smallest absolute Gasteiger partial charge is 0.325 e. The zero-order valence-corrected chi connectivity index (χ0v) is 19.2. The van der Waals surface area contributed by atoms with Crippen molar-refractivity contribution in [3.63, 3.8) is 0 Å². The maximum atomic E-state index is 13.1. The van der Waals surface area contributed by atoms with Gasteiger partial charge < -0.3 is 5.32 Å². The van der Waals surface area contributed by atoms with Gasteiger partial charge in [0.15, 0.2) is 11.5 Å². The third kappa shape index (κ3) is 4.42. The first-order chi connectivity index (χ1) is 15.8. The molecule has 2 aromatic heterocycles. The van der Waals surface area contributed by atoms with E-state index in [0.29, 0.717) is 22.1 Å². The van der Waals surface area contributed by atoms with Crippen LogP contribution in [0.4, 0.5) is 5.69 Å². The minimum Gasteiger partial charge on any atom is -0.325 e. The van der Waals surface area contributed by atoms with Gasteiger partial charge in [-0.3, -0.25) is 18.7 Å². The highest BCUT2D eigenvalue weighted by molar-refractivity contribution is 6.30. The predicted molar refractivity (Wildman–Crippen MR) is 129 cm³/mol. The van der Waals surface area contributed by atoms with Gasteiger partial charge in [-0.2, -0.15) is 0 Å². The maximum absolute atomic E-state index is 13.1. The predicted octanol–water partition coefficient (Wildman–Crippen LogP) is 3.55. The lowest BCUT2D eigenvalue weighted by atomic mass is 10.1. The van der Waals surface area contributed by atoms with Gasteiger partial charge in [-0.1, -0.05) is 17.7 Å². The molecule has 0 atom stereocenters. The van der Waals surface area contributed by atoms with Gasteiger partial charge in [0, 0.05) is 29.0 Å². The zero-order valence-electron chi connectivity index (χ0n) is 18.4.